The highest BCUT2D eigenvalue weighted by molar-refractivity contribution is 5.82. The van der Waals surface area contributed by atoms with Crippen molar-refractivity contribution in [2.24, 2.45) is 5.92 Å². The van der Waals surface area contributed by atoms with Gasteiger partial charge in [-0.2, -0.15) is 0 Å². The molecule has 1 aliphatic rings. The SMILES string of the molecule is CCc1oc2ccccc2c1CNC[C@@H]1CCc2nnc(CC)n2C1. The van der Waals surface area contributed by atoms with Crippen LogP contribution < -0.4 is 5.32 Å². The lowest BCUT2D eigenvalue weighted by Crippen LogP contribution is -2.30. The van der Waals surface area contributed by atoms with Crippen LogP contribution >= 0.6 is 0 Å². The minimum Gasteiger partial charge on any atom is -0.461 e. The molecule has 1 atom stereocenters. The zero-order chi connectivity index (χ0) is 17.2. The van der Waals surface area contributed by atoms with E-state index < -0.39 is 0 Å². The maximum atomic E-state index is 6.00. The van der Waals surface area contributed by atoms with Gasteiger partial charge >= 0.3 is 0 Å². The smallest absolute Gasteiger partial charge is 0.134 e. The van der Waals surface area contributed by atoms with Crippen LogP contribution in [0.25, 0.3) is 11.0 Å². The third-order valence-corrected chi connectivity index (χ3v) is 5.28. The predicted octanol–water partition coefficient (Wildman–Crippen LogP) is 3.50. The highest BCUT2D eigenvalue weighted by atomic mass is 16.3. The molecule has 5 nitrogen and oxygen atoms in total. The van der Waals surface area contributed by atoms with Gasteiger partial charge in [0.2, 0.25) is 0 Å². The fourth-order valence-electron chi connectivity index (χ4n) is 3.91. The standard InChI is InChI=1S/C20H26N4O/c1-3-17-16(15-7-5-6-8-18(15)25-17)12-21-11-14-9-10-20-23-22-19(4-2)24(20)13-14/h5-8,14,21H,3-4,9-13H2,1-2H3/t14-/m0/s1. The average molecular weight is 338 g/mol. The van der Waals surface area contributed by atoms with E-state index in [1.54, 1.807) is 0 Å². The molecule has 4 rings (SSSR count). The van der Waals surface area contributed by atoms with E-state index in [9.17, 15) is 0 Å². The first-order valence-electron chi connectivity index (χ1n) is 9.41. The predicted molar refractivity (Wildman–Crippen MR) is 98.5 cm³/mol. The van der Waals surface area contributed by atoms with Crippen LogP contribution in [-0.4, -0.2) is 21.3 Å². The largest absolute Gasteiger partial charge is 0.461 e. The Kier molecular flexibility index (Phi) is 4.57. The molecule has 0 fully saturated rings. The van der Waals surface area contributed by atoms with Crippen molar-refractivity contribution in [3.63, 3.8) is 0 Å². The second kappa shape index (κ2) is 7.00. The van der Waals surface area contributed by atoms with Crippen LogP contribution in [0, 0.1) is 5.92 Å². The molecule has 0 spiro atoms. The molecule has 25 heavy (non-hydrogen) atoms. The van der Waals surface area contributed by atoms with E-state index in [0.29, 0.717) is 5.92 Å². The zero-order valence-corrected chi connectivity index (χ0v) is 15.1. The summed E-state index contributed by atoms with van der Waals surface area (Å²) in [6.45, 7) is 7.22. The summed E-state index contributed by atoms with van der Waals surface area (Å²) < 4.78 is 8.32. The van der Waals surface area contributed by atoms with Gasteiger partial charge in [0, 0.05) is 43.3 Å². The first-order valence-corrected chi connectivity index (χ1v) is 9.41. The van der Waals surface area contributed by atoms with Gasteiger partial charge in [0.15, 0.2) is 0 Å². The van der Waals surface area contributed by atoms with Crippen molar-refractivity contribution in [3.8, 4) is 0 Å². The van der Waals surface area contributed by atoms with Gasteiger partial charge in [0.25, 0.3) is 0 Å². The van der Waals surface area contributed by atoms with Crippen molar-refractivity contribution in [2.75, 3.05) is 6.54 Å². The summed E-state index contributed by atoms with van der Waals surface area (Å²) in [7, 11) is 0. The van der Waals surface area contributed by atoms with Crippen molar-refractivity contribution in [1.29, 1.82) is 0 Å². The highest BCUT2D eigenvalue weighted by Gasteiger charge is 2.22. The van der Waals surface area contributed by atoms with E-state index in [0.717, 1.165) is 61.9 Å². The monoisotopic (exact) mass is 338 g/mol. The Morgan fingerprint density at radius 3 is 2.92 bits per heavy atom. The number of aromatic nitrogens is 3. The lowest BCUT2D eigenvalue weighted by molar-refractivity contribution is 0.342. The summed E-state index contributed by atoms with van der Waals surface area (Å²) in [5.41, 5.74) is 2.31. The van der Waals surface area contributed by atoms with Gasteiger partial charge in [-0.15, -0.1) is 10.2 Å². The lowest BCUT2D eigenvalue weighted by atomic mass is 9.99. The van der Waals surface area contributed by atoms with E-state index in [1.165, 1.54) is 17.4 Å². The fraction of sp³-hybridized carbons (Fsp3) is 0.500. The molecule has 2 aromatic heterocycles. The molecule has 3 heterocycles. The number of benzene rings is 1. The van der Waals surface area contributed by atoms with E-state index in [-0.39, 0.29) is 0 Å². The summed E-state index contributed by atoms with van der Waals surface area (Å²) in [4.78, 5) is 0. The number of hydrogen-bond donors (Lipinski definition) is 1. The van der Waals surface area contributed by atoms with Crippen LogP contribution in [0.1, 0.15) is 43.2 Å². The third-order valence-electron chi connectivity index (χ3n) is 5.28. The van der Waals surface area contributed by atoms with Crippen LogP contribution in [0.15, 0.2) is 28.7 Å². The van der Waals surface area contributed by atoms with Crippen LogP contribution in [0.3, 0.4) is 0 Å². The van der Waals surface area contributed by atoms with Gasteiger partial charge in [-0.1, -0.05) is 32.0 Å². The Morgan fingerprint density at radius 2 is 2.08 bits per heavy atom. The van der Waals surface area contributed by atoms with E-state index in [1.807, 2.05) is 6.07 Å². The molecule has 0 radical (unpaired) electrons. The summed E-state index contributed by atoms with van der Waals surface area (Å²) >= 11 is 0. The van der Waals surface area contributed by atoms with E-state index >= 15 is 0 Å². The number of nitrogens with zero attached hydrogens (tertiary/aromatic N) is 3. The van der Waals surface area contributed by atoms with E-state index in [2.05, 4.69) is 52.1 Å². The Balaban J connectivity index is 1.42. The van der Waals surface area contributed by atoms with Gasteiger partial charge in [-0.05, 0) is 24.9 Å². The van der Waals surface area contributed by atoms with E-state index in [4.69, 9.17) is 4.42 Å². The molecular weight excluding hydrogens is 312 g/mol. The zero-order valence-electron chi connectivity index (χ0n) is 15.1. The van der Waals surface area contributed by atoms with Gasteiger partial charge in [0.05, 0.1) is 0 Å². The minimum absolute atomic E-state index is 0.636. The number of furan rings is 1. The number of para-hydroxylation sites is 1. The summed E-state index contributed by atoms with van der Waals surface area (Å²) in [5, 5.41) is 13.5. The first-order chi connectivity index (χ1) is 12.3. The van der Waals surface area contributed by atoms with Crippen molar-refractivity contribution in [1.82, 2.24) is 20.1 Å². The van der Waals surface area contributed by atoms with Crippen molar-refractivity contribution in [2.45, 2.75) is 52.6 Å². The quantitative estimate of drug-likeness (QED) is 0.747. The van der Waals surface area contributed by atoms with Crippen LogP contribution in [0.5, 0.6) is 0 Å². The third kappa shape index (κ3) is 3.09. The molecule has 0 unspecified atom stereocenters. The number of fused-ring (bicyclic) bond motifs is 2. The molecule has 0 saturated carbocycles. The van der Waals surface area contributed by atoms with Crippen LogP contribution in [0.2, 0.25) is 0 Å². The van der Waals surface area contributed by atoms with Gasteiger partial charge in [-0.3, -0.25) is 0 Å². The Labute approximate surface area is 148 Å². The lowest BCUT2D eigenvalue weighted by Gasteiger charge is -2.24. The molecule has 1 aromatic carbocycles. The van der Waals surface area contributed by atoms with Gasteiger partial charge in [0.1, 0.15) is 23.0 Å². The molecule has 132 valence electrons. The number of hydrogen-bond acceptors (Lipinski definition) is 4. The number of aryl methyl sites for hydroxylation is 3. The highest BCUT2D eigenvalue weighted by Crippen LogP contribution is 2.26. The number of nitrogens with one attached hydrogen (secondary N) is 1. The molecule has 0 bridgehead atoms. The Hall–Kier alpha value is -2.14. The normalized spacial score (nSPS) is 17.1. The molecule has 0 saturated heterocycles. The van der Waals surface area contributed by atoms with Crippen molar-refractivity contribution >= 4 is 11.0 Å². The van der Waals surface area contributed by atoms with Crippen molar-refractivity contribution < 1.29 is 4.42 Å². The maximum Gasteiger partial charge on any atom is 0.134 e. The molecule has 5 heteroatoms. The second-order valence-corrected chi connectivity index (χ2v) is 6.89. The van der Waals surface area contributed by atoms with Crippen LogP contribution in [0.4, 0.5) is 0 Å². The molecular formula is C20H26N4O. The average Bonchev–Trinajstić information content (AvgIpc) is 3.22. The molecule has 1 aliphatic heterocycles. The summed E-state index contributed by atoms with van der Waals surface area (Å²) in [6.07, 6.45) is 4.10. The molecule has 1 N–H and O–H groups in total. The Bertz CT molecular complexity index is 850. The molecule has 0 aliphatic carbocycles. The summed E-state index contributed by atoms with van der Waals surface area (Å²) in [5.74, 6) is 4.01. The van der Waals surface area contributed by atoms with Crippen LogP contribution in [-0.2, 0) is 32.4 Å². The molecule has 0 amide bonds. The van der Waals surface area contributed by atoms with Crippen molar-refractivity contribution in [3.05, 3.63) is 47.2 Å². The van der Waals surface area contributed by atoms with Gasteiger partial charge in [-0.25, -0.2) is 0 Å². The summed E-state index contributed by atoms with van der Waals surface area (Å²) in [6, 6.07) is 8.33. The second-order valence-electron chi connectivity index (χ2n) is 6.89. The fourth-order valence-corrected chi connectivity index (χ4v) is 3.91. The first kappa shape index (κ1) is 16.3. The topological polar surface area (TPSA) is 55.9 Å². The van der Waals surface area contributed by atoms with Gasteiger partial charge < -0.3 is 14.3 Å². The Morgan fingerprint density at radius 1 is 1.20 bits per heavy atom. The number of rotatable bonds is 6. The molecule has 3 aromatic rings. The minimum atomic E-state index is 0.636. The maximum absolute atomic E-state index is 6.00.